The molecule has 94 valence electrons. The molecule has 0 radical (unpaired) electrons. The first-order valence-electron chi connectivity index (χ1n) is 4.04. The number of ether oxygens (including phenoxy) is 1. The van der Waals surface area contributed by atoms with E-state index in [-0.39, 0.29) is 5.56 Å². The molecule has 0 fully saturated rings. The van der Waals surface area contributed by atoms with E-state index in [1.54, 1.807) is 0 Å². The molecule has 0 amide bonds. The van der Waals surface area contributed by atoms with Crippen LogP contribution >= 0.6 is 0 Å². The van der Waals surface area contributed by atoms with Gasteiger partial charge in [-0.2, -0.15) is 4.39 Å². The van der Waals surface area contributed by atoms with Crippen LogP contribution in [0.1, 0.15) is 5.56 Å². The van der Waals surface area contributed by atoms with Crippen LogP contribution in [0.4, 0.5) is 23.2 Å². The van der Waals surface area contributed by atoms with Crippen molar-refractivity contribution < 1.29 is 27.2 Å². The van der Waals surface area contributed by atoms with E-state index < -0.39 is 35.2 Å². The highest BCUT2D eigenvalue weighted by molar-refractivity contribution is 5.51. The molecule has 1 heterocycles. The van der Waals surface area contributed by atoms with Gasteiger partial charge in [-0.15, -0.1) is 13.2 Å². The Hall–Kier alpha value is -1.97. The zero-order chi connectivity index (χ0) is 13.2. The van der Waals surface area contributed by atoms with Gasteiger partial charge in [0.1, 0.15) is 0 Å². The van der Waals surface area contributed by atoms with Gasteiger partial charge in [0.15, 0.2) is 0 Å². The number of pyridine rings is 1. The molecule has 0 saturated heterocycles. The molecule has 0 bridgehead atoms. The van der Waals surface area contributed by atoms with E-state index in [0.717, 1.165) is 0 Å². The quantitative estimate of drug-likeness (QED) is 0.382. The van der Waals surface area contributed by atoms with Gasteiger partial charge in [0.05, 0.1) is 10.5 Å². The zero-order valence-corrected chi connectivity index (χ0v) is 7.99. The number of aromatic nitrogens is 1. The van der Waals surface area contributed by atoms with Crippen molar-refractivity contribution in [3.63, 3.8) is 0 Å². The van der Waals surface area contributed by atoms with E-state index in [0.29, 0.717) is 6.20 Å². The van der Waals surface area contributed by atoms with Gasteiger partial charge in [0.25, 0.3) is 11.7 Å². The summed E-state index contributed by atoms with van der Waals surface area (Å²) in [4.78, 5) is 12.2. The lowest BCUT2D eigenvalue weighted by molar-refractivity contribution is -0.389. The molecular weight excluding hydrogens is 250 g/mol. The summed E-state index contributed by atoms with van der Waals surface area (Å²) in [6, 6.07) is 0. The maximum atomic E-state index is 13.0. The number of alkyl halides is 3. The molecular formula is C7H5F4N3O3. The lowest BCUT2D eigenvalue weighted by Gasteiger charge is -2.10. The van der Waals surface area contributed by atoms with Crippen molar-refractivity contribution in [2.24, 2.45) is 5.73 Å². The summed E-state index contributed by atoms with van der Waals surface area (Å²) in [5, 5.41) is 10.5. The van der Waals surface area contributed by atoms with Crippen LogP contribution in [0.15, 0.2) is 6.20 Å². The number of hydrogen-bond acceptors (Lipinski definition) is 5. The number of halogens is 4. The summed E-state index contributed by atoms with van der Waals surface area (Å²) >= 11 is 0. The largest absolute Gasteiger partial charge is 0.573 e. The predicted octanol–water partition coefficient (Wildman–Crippen LogP) is 1.49. The second-order valence-corrected chi connectivity index (χ2v) is 2.76. The smallest absolute Gasteiger partial charge is 0.393 e. The Bertz CT molecular complexity index is 449. The molecule has 1 rings (SSSR count). The van der Waals surface area contributed by atoms with Gasteiger partial charge in [-0.3, -0.25) is 10.1 Å². The fraction of sp³-hybridized carbons (Fsp3) is 0.286. The third kappa shape index (κ3) is 3.00. The third-order valence-corrected chi connectivity index (χ3v) is 1.66. The Morgan fingerprint density at radius 3 is 2.53 bits per heavy atom. The van der Waals surface area contributed by atoms with Crippen molar-refractivity contribution in [2.45, 2.75) is 12.9 Å². The van der Waals surface area contributed by atoms with Gasteiger partial charge in [0, 0.05) is 12.7 Å². The van der Waals surface area contributed by atoms with E-state index in [1.807, 2.05) is 0 Å². The SMILES string of the molecule is NCc1cnc(F)c(OC(F)(F)F)c1[N+](=O)[O-]. The first kappa shape index (κ1) is 13.1. The van der Waals surface area contributed by atoms with Crippen molar-refractivity contribution in [1.29, 1.82) is 0 Å². The Balaban J connectivity index is 3.39. The maximum Gasteiger partial charge on any atom is 0.573 e. The van der Waals surface area contributed by atoms with Crippen LogP contribution < -0.4 is 10.5 Å². The molecule has 0 aliphatic rings. The Morgan fingerprint density at radius 2 is 2.12 bits per heavy atom. The lowest BCUT2D eigenvalue weighted by Crippen LogP contribution is -2.20. The van der Waals surface area contributed by atoms with Crippen molar-refractivity contribution >= 4 is 5.69 Å². The predicted molar refractivity (Wildman–Crippen MR) is 45.4 cm³/mol. The molecule has 0 saturated carbocycles. The molecule has 0 aliphatic heterocycles. The molecule has 6 nitrogen and oxygen atoms in total. The Labute approximate surface area is 91.1 Å². The average Bonchev–Trinajstić information content (AvgIpc) is 2.18. The lowest BCUT2D eigenvalue weighted by atomic mass is 10.2. The third-order valence-electron chi connectivity index (χ3n) is 1.66. The molecule has 2 N–H and O–H groups in total. The highest BCUT2D eigenvalue weighted by Crippen LogP contribution is 2.35. The molecule has 1 aromatic rings. The summed E-state index contributed by atoms with van der Waals surface area (Å²) < 4.78 is 52.0. The number of nitro groups is 1. The van der Waals surface area contributed by atoms with Crippen LogP contribution in [0.2, 0.25) is 0 Å². The van der Waals surface area contributed by atoms with E-state index in [4.69, 9.17) is 5.73 Å². The molecule has 0 spiro atoms. The van der Waals surface area contributed by atoms with Crippen molar-refractivity contribution in [1.82, 2.24) is 4.98 Å². The minimum atomic E-state index is -5.26. The molecule has 0 aliphatic carbocycles. The normalized spacial score (nSPS) is 11.4. The van der Waals surface area contributed by atoms with Crippen molar-refractivity contribution in [3.8, 4) is 5.75 Å². The Kier molecular flexibility index (Phi) is 3.46. The average molecular weight is 255 g/mol. The van der Waals surface area contributed by atoms with Gasteiger partial charge in [-0.05, 0) is 0 Å². The second kappa shape index (κ2) is 4.49. The molecule has 10 heteroatoms. The minimum Gasteiger partial charge on any atom is -0.393 e. The van der Waals surface area contributed by atoms with Gasteiger partial charge >= 0.3 is 12.0 Å². The van der Waals surface area contributed by atoms with E-state index in [1.165, 1.54) is 0 Å². The topological polar surface area (TPSA) is 91.3 Å². The first-order valence-corrected chi connectivity index (χ1v) is 4.04. The summed E-state index contributed by atoms with van der Waals surface area (Å²) in [5.74, 6) is -3.32. The fourth-order valence-electron chi connectivity index (χ4n) is 1.05. The Morgan fingerprint density at radius 1 is 1.53 bits per heavy atom. The van der Waals surface area contributed by atoms with Crippen molar-refractivity contribution in [2.75, 3.05) is 0 Å². The number of rotatable bonds is 3. The summed E-state index contributed by atoms with van der Waals surface area (Å²) in [6.07, 6.45) is -4.59. The van der Waals surface area contributed by atoms with Crippen LogP contribution in [0.5, 0.6) is 5.75 Å². The molecule has 17 heavy (non-hydrogen) atoms. The van der Waals surface area contributed by atoms with Gasteiger partial charge in [-0.1, -0.05) is 0 Å². The zero-order valence-electron chi connectivity index (χ0n) is 7.99. The maximum absolute atomic E-state index is 13.0. The standard InChI is InChI=1S/C7H5F4N3O3/c8-6-5(17-7(9,10)11)4(14(15)16)3(1-12)2-13-6/h2H,1,12H2. The van der Waals surface area contributed by atoms with Crippen molar-refractivity contribution in [3.05, 3.63) is 27.8 Å². The summed E-state index contributed by atoms with van der Waals surface area (Å²) in [5.41, 5.74) is 3.52. The highest BCUT2D eigenvalue weighted by Gasteiger charge is 2.38. The second-order valence-electron chi connectivity index (χ2n) is 2.76. The van der Waals surface area contributed by atoms with Gasteiger partial charge in [-0.25, -0.2) is 4.98 Å². The van der Waals surface area contributed by atoms with Gasteiger partial charge < -0.3 is 10.5 Å². The molecule has 1 aromatic heterocycles. The van der Waals surface area contributed by atoms with Crippen LogP contribution in [-0.4, -0.2) is 16.3 Å². The number of nitrogens with two attached hydrogens (primary N) is 1. The molecule has 0 aromatic carbocycles. The van der Waals surface area contributed by atoms with Crippen LogP contribution in [0, 0.1) is 16.1 Å². The van der Waals surface area contributed by atoms with Crippen LogP contribution in [-0.2, 0) is 6.54 Å². The van der Waals surface area contributed by atoms with Gasteiger partial charge in [0.2, 0.25) is 0 Å². The number of nitrogens with zero attached hydrogens (tertiary/aromatic N) is 2. The minimum absolute atomic E-state index is 0.365. The monoisotopic (exact) mass is 255 g/mol. The van der Waals surface area contributed by atoms with Crippen LogP contribution in [0.25, 0.3) is 0 Å². The van der Waals surface area contributed by atoms with Crippen LogP contribution in [0.3, 0.4) is 0 Å². The summed E-state index contributed by atoms with van der Waals surface area (Å²) in [6.45, 7) is -0.474. The molecule has 0 unspecified atom stereocenters. The van der Waals surface area contributed by atoms with E-state index in [9.17, 15) is 27.7 Å². The van der Waals surface area contributed by atoms with E-state index in [2.05, 4.69) is 9.72 Å². The highest BCUT2D eigenvalue weighted by atomic mass is 19.4. The summed E-state index contributed by atoms with van der Waals surface area (Å²) in [7, 11) is 0. The fourth-order valence-corrected chi connectivity index (χ4v) is 1.05. The van der Waals surface area contributed by atoms with E-state index >= 15 is 0 Å². The first-order chi connectivity index (χ1) is 7.76. The number of hydrogen-bond donors (Lipinski definition) is 1. The molecule has 0 atom stereocenters.